The number of benzene rings is 1. The van der Waals surface area contributed by atoms with E-state index in [1.54, 1.807) is 24.5 Å². The lowest BCUT2D eigenvalue weighted by Crippen LogP contribution is -2.51. The molecule has 0 aliphatic carbocycles. The summed E-state index contributed by atoms with van der Waals surface area (Å²) in [7, 11) is 0. The van der Waals surface area contributed by atoms with Crippen LogP contribution in [0.25, 0.3) is 6.08 Å². The highest BCUT2D eigenvalue weighted by Gasteiger charge is 2.40. The molecule has 2 aliphatic rings. The Hall–Kier alpha value is -2.53. The summed E-state index contributed by atoms with van der Waals surface area (Å²) in [5.41, 5.74) is 2.43. The van der Waals surface area contributed by atoms with Gasteiger partial charge >= 0.3 is 0 Å². The molecule has 152 valence electrons. The zero-order valence-electron chi connectivity index (χ0n) is 16.8. The number of piperidine rings is 2. The number of nitrogens with zero attached hydrogens (tertiary/aromatic N) is 3. The Bertz CT molecular complexity index is 842. The van der Waals surface area contributed by atoms with Crippen LogP contribution in [-0.2, 0) is 11.3 Å². The standard InChI is InChI=1S/C24H28FN3O/c25-22-5-3-20(4-6-22)2-1-15-27-16-11-24(12-17-27)10-7-23(29)28(19-24)18-21-8-13-26-14-9-21/h1-6,8-9,13-14H,7,10-12,15-19H2. The fourth-order valence-electron chi connectivity index (χ4n) is 4.48. The molecule has 4 nitrogen and oxygen atoms in total. The lowest BCUT2D eigenvalue weighted by molar-refractivity contribution is -0.139. The normalized spacial score (nSPS) is 19.9. The Labute approximate surface area is 172 Å². The Balaban J connectivity index is 1.29. The van der Waals surface area contributed by atoms with Gasteiger partial charge in [-0.3, -0.25) is 14.7 Å². The van der Waals surface area contributed by atoms with Crippen molar-refractivity contribution in [2.45, 2.75) is 32.2 Å². The molecule has 1 amide bonds. The molecule has 0 unspecified atom stereocenters. The maximum absolute atomic E-state index is 13.0. The summed E-state index contributed by atoms with van der Waals surface area (Å²) in [4.78, 5) is 21.0. The molecule has 29 heavy (non-hydrogen) atoms. The van der Waals surface area contributed by atoms with Crippen LogP contribution in [0.15, 0.2) is 54.9 Å². The van der Waals surface area contributed by atoms with E-state index >= 15 is 0 Å². The molecular formula is C24H28FN3O. The second-order valence-electron chi connectivity index (χ2n) is 8.36. The summed E-state index contributed by atoms with van der Waals surface area (Å²) in [6, 6.07) is 10.6. The van der Waals surface area contributed by atoms with Crippen molar-refractivity contribution in [2.75, 3.05) is 26.2 Å². The number of rotatable bonds is 5. The van der Waals surface area contributed by atoms with Gasteiger partial charge in [0.2, 0.25) is 5.91 Å². The average molecular weight is 394 g/mol. The predicted octanol–water partition coefficient (Wildman–Crippen LogP) is 4.14. The molecule has 0 radical (unpaired) electrons. The Morgan fingerprint density at radius 2 is 1.76 bits per heavy atom. The molecule has 1 aromatic heterocycles. The maximum atomic E-state index is 13.0. The number of carbonyl (C=O) groups is 1. The summed E-state index contributed by atoms with van der Waals surface area (Å²) < 4.78 is 13.0. The molecule has 1 spiro atoms. The van der Waals surface area contributed by atoms with Crippen molar-refractivity contribution in [3.63, 3.8) is 0 Å². The number of hydrogen-bond acceptors (Lipinski definition) is 3. The van der Waals surface area contributed by atoms with Gasteiger partial charge in [-0.15, -0.1) is 0 Å². The number of amides is 1. The van der Waals surface area contributed by atoms with Crippen molar-refractivity contribution >= 4 is 12.0 Å². The second kappa shape index (κ2) is 8.87. The number of halogens is 1. The smallest absolute Gasteiger partial charge is 0.222 e. The quantitative estimate of drug-likeness (QED) is 0.766. The first kappa shape index (κ1) is 19.8. The van der Waals surface area contributed by atoms with Crippen LogP contribution in [0.4, 0.5) is 4.39 Å². The fourth-order valence-corrected chi connectivity index (χ4v) is 4.48. The van der Waals surface area contributed by atoms with E-state index < -0.39 is 0 Å². The van der Waals surface area contributed by atoms with Gasteiger partial charge < -0.3 is 4.90 Å². The highest BCUT2D eigenvalue weighted by atomic mass is 19.1. The Morgan fingerprint density at radius 1 is 1.03 bits per heavy atom. The number of aromatic nitrogens is 1. The van der Waals surface area contributed by atoms with E-state index in [2.05, 4.69) is 22.0 Å². The zero-order chi connectivity index (χ0) is 20.1. The van der Waals surface area contributed by atoms with Crippen LogP contribution in [0.3, 0.4) is 0 Å². The van der Waals surface area contributed by atoms with E-state index in [1.807, 2.05) is 17.0 Å². The minimum Gasteiger partial charge on any atom is -0.338 e. The molecule has 2 saturated heterocycles. The highest BCUT2D eigenvalue weighted by molar-refractivity contribution is 5.77. The van der Waals surface area contributed by atoms with Crippen molar-refractivity contribution in [2.24, 2.45) is 5.41 Å². The molecule has 5 heteroatoms. The topological polar surface area (TPSA) is 36.4 Å². The second-order valence-corrected chi connectivity index (χ2v) is 8.36. The SMILES string of the molecule is O=C1CCC2(CCN(CC=Cc3ccc(F)cc3)CC2)CN1Cc1ccncc1. The molecule has 4 rings (SSSR count). The van der Waals surface area contributed by atoms with Gasteiger partial charge in [-0.1, -0.05) is 24.3 Å². The van der Waals surface area contributed by atoms with Crippen molar-refractivity contribution in [3.8, 4) is 0 Å². The average Bonchev–Trinajstić information content (AvgIpc) is 2.75. The Kier molecular flexibility index (Phi) is 6.05. The van der Waals surface area contributed by atoms with Gasteiger partial charge in [0, 0.05) is 38.4 Å². The molecule has 2 aliphatic heterocycles. The van der Waals surface area contributed by atoms with Gasteiger partial charge in [0.15, 0.2) is 0 Å². The monoisotopic (exact) mass is 393 g/mol. The van der Waals surface area contributed by atoms with Gasteiger partial charge in [-0.25, -0.2) is 4.39 Å². The van der Waals surface area contributed by atoms with Crippen molar-refractivity contribution in [1.82, 2.24) is 14.8 Å². The van der Waals surface area contributed by atoms with Gasteiger partial charge in [0.25, 0.3) is 0 Å². The highest BCUT2D eigenvalue weighted by Crippen LogP contribution is 2.40. The molecule has 3 heterocycles. The van der Waals surface area contributed by atoms with E-state index in [-0.39, 0.29) is 17.1 Å². The third kappa shape index (κ3) is 5.10. The van der Waals surface area contributed by atoms with Crippen LogP contribution in [-0.4, -0.2) is 46.9 Å². The van der Waals surface area contributed by atoms with Crippen LogP contribution in [0.2, 0.25) is 0 Å². The molecule has 0 bridgehead atoms. The van der Waals surface area contributed by atoms with Crippen molar-refractivity contribution < 1.29 is 9.18 Å². The number of hydrogen-bond donors (Lipinski definition) is 0. The minimum absolute atomic E-state index is 0.201. The molecule has 0 atom stereocenters. The zero-order valence-corrected chi connectivity index (χ0v) is 16.8. The lowest BCUT2D eigenvalue weighted by atomic mass is 9.72. The summed E-state index contributed by atoms with van der Waals surface area (Å²) >= 11 is 0. The van der Waals surface area contributed by atoms with E-state index in [1.165, 1.54) is 12.1 Å². The molecule has 2 aromatic rings. The van der Waals surface area contributed by atoms with Gasteiger partial charge in [-0.2, -0.15) is 0 Å². The maximum Gasteiger partial charge on any atom is 0.222 e. The predicted molar refractivity (Wildman–Crippen MR) is 112 cm³/mol. The van der Waals surface area contributed by atoms with E-state index in [9.17, 15) is 9.18 Å². The van der Waals surface area contributed by atoms with Gasteiger partial charge in [0.1, 0.15) is 5.82 Å². The molecule has 0 saturated carbocycles. The number of pyridine rings is 1. The molecule has 0 N–H and O–H groups in total. The minimum atomic E-state index is -0.201. The fraction of sp³-hybridized carbons (Fsp3) is 0.417. The molecule has 1 aromatic carbocycles. The third-order valence-electron chi connectivity index (χ3n) is 6.33. The van der Waals surface area contributed by atoms with E-state index in [4.69, 9.17) is 0 Å². The van der Waals surface area contributed by atoms with Crippen LogP contribution in [0.1, 0.15) is 36.8 Å². The summed E-state index contributed by atoms with van der Waals surface area (Å²) in [6.07, 6.45) is 11.7. The van der Waals surface area contributed by atoms with Crippen LogP contribution >= 0.6 is 0 Å². The van der Waals surface area contributed by atoms with Gasteiger partial charge in [0.05, 0.1) is 0 Å². The first-order chi connectivity index (χ1) is 14.1. The summed E-state index contributed by atoms with van der Waals surface area (Å²) in [6.45, 7) is 4.59. The van der Waals surface area contributed by atoms with Crippen molar-refractivity contribution in [1.29, 1.82) is 0 Å². The lowest BCUT2D eigenvalue weighted by Gasteiger charge is -2.47. The summed E-state index contributed by atoms with van der Waals surface area (Å²) in [5.74, 6) is 0.0736. The van der Waals surface area contributed by atoms with Crippen LogP contribution in [0, 0.1) is 11.2 Å². The van der Waals surface area contributed by atoms with E-state index in [0.717, 1.165) is 56.6 Å². The van der Waals surface area contributed by atoms with Crippen molar-refractivity contribution in [3.05, 3.63) is 71.8 Å². The first-order valence-corrected chi connectivity index (χ1v) is 10.4. The van der Waals surface area contributed by atoms with Gasteiger partial charge in [-0.05, 0) is 73.2 Å². The van der Waals surface area contributed by atoms with Crippen LogP contribution < -0.4 is 0 Å². The number of likely N-dealkylation sites (tertiary alicyclic amines) is 2. The molecular weight excluding hydrogens is 365 g/mol. The largest absolute Gasteiger partial charge is 0.338 e. The van der Waals surface area contributed by atoms with E-state index in [0.29, 0.717) is 13.0 Å². The first-order valence-electron chi connectivity index (χ1n) is 10.4. The molecule has 2 fully saturated rings. The summed E-state index contributed by atoms with van der Waals surface area (Å²) in [5, 5.41) is 0. The Morgan fingerprint density at radius 3 is 2.48 bits per heavy atom. The number of carbonyl (C=O) groups excluding carboxylic acids is 1. The van der Waals surface area contributed by atoms with Crippen LogP contribution in [0.5, 0.6) is 0 Å². The third-order valence-corrected chi connectivity index (χ3v) is 6.33.